The minimum absolute atomic E-state index is 0.151. The monoisotopic (exact) mass is 333 g/mol. The molecule has 0 saturated heterocycles. The second-order valence-electron chi connectivity index (χ2n) is 6.28. The van der Waals surface area contributed by atoms with Gasteiger partial charge >= 0.3 is 0 Å². The normalized spacial score (nSPS) is 10.7. The summed E-state index contributed by atoms with van der Waals surface area (Å²) in [6, 6.07) is 21.8. The maximum Gasteiger partial charge on any atom is 0.115 e. The van der Waals surface area contributed by atoms with E-state index in [0.29, 0.717) is 6.42 Å². The summed E-state index contributed by atoms with van der Waals surface area (Å²) in [5.41, 5.74) is 6.65. The topological polar surface area (TPSA) is 43.7 Å². The van der Waals surface area contributed by atoms with Crippen molar-refractivity contribution in [3.8, 4) is 5.75 Å². The van der Waals surface area contributed by atoms with Gasteiger partial charge in [0.15, 0.2) is 0 Å². The van der Waals surface area contributed by atoms with Gasteiger partial charge in [0, 0.05) is 23.7 Å². The average Bonchev–Trinajstić information content (AvgIpc) is 2.60. The first kappa shape index (κ1) is 17.1. The molecule has 0 atom stereocenters. The predicted molar refractivity (Wildman–Crippen MR) is 103 cm³/mol. The van der Waals surface area contributed by atoms with Gasteiger partial charge in [0.2, 0.25) is 0 Å². The number of phenols is 1. The maximum absolute atomic E-state index is 9.62. The first-order chi connectivity index (χ1) is 12.1. The Hall–Kier alpha value is -2.78. The van der Waals surface area contributed by atoms with Crippen LogP contribution in [0.3, 0.4) is 0 Å². The molecule has 0 heterocycles. The van der Waals surface area contributed by atoms with Gasteiger partial charge < -0.3 is 15.1 Å². The van der Waals surface area contributed by atoms with Gasteiger partial charge in [-0.1, -0.05) is 29.8 Å². The Morgan fingerprint density at radius 1 is 0.800 bits per heavy atom. The van der Waals surface area contributed by atoms with Crippen LogP contribution in [0.2, 0.25) is 0 Å². The number of hydrogen-bond acceptors (Lipinski definition) is 3. The summed E-state index contributed by atoms with van der Waals surface area (Å²) in [5.74, 6) is 0.252. The number of nitrogens with zero attached hydrogens (tertiary/aromatic N) is 1. The molecule has 0 aliphatic rings. The lowest BCUT2D eigenvalue weighted by molar-refractivity contribution is 0.299. The van der Waals surface area contributed by atoms with Crippen LogP contribution < -0.4 is 4.90 Å². The van der Waals surface area contributed by atoms with E-state index < -0.39 is 0 Å². The summed E-state index contributed by atoms with van der Waals surface area (Å²) in [5, 5.41) is 18.7. The fourth-order valence-electron chi connectivity index (χ4n) is 3.03. The molecule has 3 aromatic rings. The SMILES string of the molecule is Cc1ccc(N(c2ccc(O)cc2)c2ccc(CCO)cc2)c(C)c1. The summed E-state index contributed by atoms with van der Waals surface area (Å²) >= 11 is 0. The van der Waals surface area contributed by atoms with Crippen molar-refractivity contribution >= 4 is 17.1 Å². The summed E-state index contributed by atoms with van der Waals surface area (Å²) in [7, 11) is 0. The molecule has 0 aliphatic heterocycles. The highest BCUT2D eigenvalue weighted by Gasteiger charge is 2.14. The van der Waals surface area contributed by atoms with Crippen LogP contribution in [0.1, 0.15) is 16.7 Å². The Bertz CT molecular complexity index is 839. The first-order valence-electron chi connectivity index (χ1n) is 8.44. The summed E-state index contributed by atoms with van der Waals surface area (Å²) < 4.78 is 0. The molecule has 3 nitrogen and oxygen atoms in total. The van der Waals surface area contributed by atoms with E-state index in [1.807, 2.05) is 24.3 Å². The lowest BCUT2D eigenvalue weighted by Crippen LogP contribution is -2.11. The van der Waals surface area contributed by atoms with Gasteiger partial charge in [-0.3, -0.25) is 0 Å². The van der Waals surface area contributed by atoms with Crippen molar-refractivity contribution in [2.24, 2.45) is 0 Å². The summed E-state index contributed by atoms with van der Waals surface area (Å²) in [6.07, 6.45) is 0.656. The molecule has 2 N–H and O–H groups in total. The van der Waals surface area contributed by atoms with E-state index in [4.69, 9.17) is 5.11 Å². The third-order valence-electron chi connectivity index (χ3n) is 4.30. The van der Waals surface area contributed by atoms with Crippen LogP contribution in [0, 0.1) is 13.8 Å². The van der Waals surface area contributed by atoms with Gasteiger partial charge in [-0.15, -0.1) is 0 Å². The van der Waals surface area contributed by atoms with Crippen molar-refractivity contribution in [3.63, 3.8) is 0 Å². The van der Waals surface area contributed by atoms with Gasteiger partial charge in [-0.05, 0) is 73.9 Å². The zero-order valence-corrected chi connectivity index (χ0v) is 14.6. The van der Waals surface area contributed by atoms with Crippen LogP contribution in [-0.2, 0) is 6.42 Å². The van der Waals surface area contributed by atoms with E-state index in [1.54, 1.807) is 12.1 Å². The van der Waals surface area contributed by atoms with Crippen molar-refractivity contribution in [3.05, 3.63) is 83.4 Å². The largest absolute Gasteiger partial charge is 0.508 e. The number of aliphatic hydroxyl groups is 1. The smallest absolute Gasteiger partial charge is 0.115 e. The molecule has 128 valence electrons. The maximum atomic E-state index is 9.62. The second kappa shape index (κ2) is 7.41. The Balaban J connectivity index is 2.09. The third-order valence-corrected chi connectivity index (χ3v) is 4.30. The molecule has 0 aromatic heterocycles. The number of anilines is 3. The third kappa shape index (κ3) is 3.83. The van der Waals surface area contributed by atoms with Crippen LogP contribution in [0.25, 0.3) is 0 Å². The van der Waals surface area contributed by atoms with Crippen LogP contribution >= 0.6 is 0 Å². The molecule has 0 aliphatic carbocycles. The van der Waals surface area contributed by atoms with Crippen LogP contribution in [-0.4, -0.2) is 16.8 Å². The quantitative estimate of drug-likeness (QED) is 0.689. The minimum atomic E-state index is 0.151. The standard InChI is InChI=1S/C22H23NO2/c1-16-3-12-22(17(2)15-16)23(20-8-10-21(25)11-9-20)19-6-4-18(5-7-19)13-14-24/h3-12,15,24-25H,13-14H2,1-2H3. The van der Waals surface area contributed by atoms with E-state index in [2.05, 4.69) is 49.1 Å². The fraction of sp³-hybridized carbons (Fsp3) is 0.182. The van der Waals surface area contributed by atoms with Crippen molar-refractivity contribution in [2.45, 2.75) is 20.3 Å². The molecule has 0 saturated carbocycles. The molecule has 0 unspecified atom stereocenters. The minimum Gasteiger partial charge on any atom is -0.508 e. The predicted octanol–water partition coefficient (Wildman–Crippen LogP) is 5.01. The van der Waals surface area contributed by atoms with Gasteiger partial charge in [-0.2, -0.15) is 0 Å². The number of hydrogen-bond donors (Lipinski definition) is 2. The molecule has 0 spiro atoms. The van der Waals surface area contributed by atoms with E-state index in [9.17, 15) is 5.11 Å². The number of rotatable bonds is 5. The number of aromatic hydroxyl groups is 1. The molecule has 25 heavy (non-hydrogen) atoms. The molecule has 3 heteroatoms. The first-order valence-corrected chi connectivity index (χ1v) is 8.44. The Morgan fingerprint density at radius 3 is 1.96 bits per heavy atom. The van der Waals surface area contributed by atoms with E-state index >= 15 is 0 Å². The molecule has 3 aromatic carbocycles. The van der Waals surface area contributed by atoms with Crippen molar-refractivity contribution in [1.82, 2.24) is 0 Å². The zero-order valence-electron chi connectivity index (χ0n) is 14.6. The summed E-state index contributed by atoms with van der Waals surface area (Å²) in [6.45, 7) is 4.35. The average molecular weight is 333 g/mol. The second-order valence-corrected chi connectivity index (χ2v) is 6.28. The molecule has 3 rings (SSSR count). The van der Waals surface area contributed by atoms with Gasteiger partial charge in [0.25, 0.3) is 0 Å². The molecule has 0 bridgehead atoms. The highest BCUT2D eigenvalue weighted by atomic mass is 16.3. The van der Waals surface area contributed by atoms with Crippen LogP contribution in [0.15, 0.2) is 66.7 Å². The Labute approximate surface area is 148 Å². The van der Waals surface area contributed by atoms with E-state index in [-0.39, 0.29) is 12.4 Å². The molecular formula is C22H23NO2. The van der Waals surface area contributed by atoms with Gasteiger partial charge in [0.1, 0.15) is 5.75 Å². The molecule has 0 fully saturated rings. The van der Waals surface area contributed by atoms with E-state index in [1.165, 1.54) is 11.1 Å². The van der Waals surface area contributed by atoms with Gasteiger partial charge in [0.05, 0.1) is 0 Å². The number of aryl methyl sites for hydroxylation is 2. The van der Waals surface area contributed by atoms with E-state index in [0.717, 1.165) is 22.6 Å². The molecule has 0 radical (unpaired) electrons. The lowest BCUT2D eigenvalue weighted by atomic mass is 10.1. The summed E-state index contributed by atoms with van der Waals surface area (Å²) in [4.78, 5) is 2.18. The molecule has 0 amide bonds. The molecular weight excluding hydrogens is 310 g/mol. The van der Waals surface area contributed by atoms with Crippen molar-refractivity contribution in [2.75, 3.05) is 11.5 Å². The lowest BCUT2D eigenvalue weighted by Gasteiger charge is -2.27. The van der Waals surface area contributed by atoms with Gasteiger partial charge in [-0.25, -0.2) is 0 Å². The highest BCUT2D eigenvalue weighted by molar-refractivity contribution is 5.78. The van der Waals surface area contributed by atoms with Crippen LogP contribution in [0.4, 0.5) is 17.1 Å². The highest BCUT2D eigenvalue weighted by Crippen LogP contribution is 2.37. The fourth-order valence-corrected chi connectivity index (χ4v) is 3.03. The number of benzene rings is 3. The Kier molecular flexibility index (Phi) is 5.05. The van der Waals surface area contributed by atoms with Crippen LogP contribution in [0.5, 0.6) is 5.75 Å². The van der Waals surface area contributed by atoms with Crippen molar-refractivity contribution < 1.29 is 10.2 Å². The number of phenolic OH excluding ortho intramolecular Hbond substituents is 1. The Morgan fingerprint density at radius 2 is 1.40 bits per heavy atom. The number of aliphatic hydroxyl groups excluding tert-OH is 1. The van der Waals surface area contributed by atoms with Crippen molar-refractivity contribution in [1.29, 1.82) is 0 Å². The zero-order chi connectivity index (χ0) is 17.8.